The molecule has 6 rings (SSSR count). The van der Waals surface area contributed by atoms with Crippen LogP contribution >= 0.6 is 11.6 Å². The van der Waals surface area contributed by atoms with Crippen LogP contribution in [0.4, 0.5) is 5.69 Å². The first-order chi connectivity index (χ1) is 15.7. The summed E-state index contributed by atoms with van der Waals surface area (Å²) in [7, 11) is -3.59. The summed E-state index contributed by atoms with van der Waals surface area (Å²) >= 11 is 6.19. The highest BCUT2D eigenvalue weighted by molar-refractivity contribution is 7.88. The van der Waals surface area contributed by atoms with E-state index in [0.29, 0.717) is 21.7 Å². The molecule has 5 nitrogen and oxygen atoms in total. The van der Waals surface area contributed by atoms with Crippen LogP contribution in [-0.2, 0) is 26.8 Å². The first-order valence-electron chi connectivity index (χ1n) is 11.8. The Morgan fingerprint density at radius 3 is 2.12 bits per heavy atom. The molecule has 4 fully saturated rings. The van der Waals surface area contributed by atoms with Crippen molar-refractivity contribution in [3.05, 3.63) is 64.7 Å². The summed E-state index contributed by atoms with van der Waals surface area (Å²) in [6.45, 7) is -0.211. The quantitative estimate of drug-likeness (QED) is 0.584. The van der Waals surface area contributed by atoms with Gasteiger partial charge in [-0.1, -0.05) is 41.9 Å². The Kier molecular flexibility index (Phi) is 6.04. The van der Waals surface area contributed by atoms with Crippen molar-refractivity contribution in [1.29, 1.82) is 0 Å². The third-order valence-electron chi connectivity index (χ3n) is 7.91. The van der Waals surface area contributed by atoms with Gasteiger partial charge in [-0.15, -0.1) is 0 Å². The van der Waals surface area contributed by atoms with Gasteiger partial charge in [0.25, 0.3) is 0 Å². The fourth-order valence-electron chi connectivity index (χ4n) is 6.84. The molecule has 4 aliphatic carbocycles. The number of hydrogen-bond donors (Lipinski definition) is 1. The van der Waals surface area contributed by atoms with Gasteiger partial charge < -0.3 is 5.32 Å². The van der Waals surface area contributed by atoms with Gasteiger partial charge in [-0.2, -0.15) is 4.31 Å². The Balaban J connectivity index is 1.25. The molecule has 0 unspecified atom stereocenters. The third kappa shape index (κ3) is 4.84. The van der Waals surface area contributed by atoms with Gasteiger partial charge in [-0.05, 0) is 91.0 Å². The van der Waals surface area contributed by atoms with E-state index in [4.69, 9.17) is 11.6 Å². The number of benzene rings is 2. The highest BCUT2D eigenvalue weighted by Gasteiger charge is 2.51. The predicted octanol–water partition coefficient (Wildman–Crippen LogP) is 5.21. The van der Waals surface area contributed by atoms with Gasteiger partial charge in [0.1, 0.15) is 0 Å². The average molecular weight is 487 g/mol. The number of carbonyl (C=O) groups excluding carboxylic acids is 1. The van der Waals surface area contributed by atoms with Crippen LogP contribution in [0.1, 0.15) is 49.7 Å². The summed E-state index contributed by atoms with van der Waals surface area (Å²) in [6.07, 6.45) is 9.26. The van der Waals surface area contributed by atoms with E-state index < -0.39 is 10.0 Å². The second-order valence-corrected chi connectivity index (χ2v) is 12.8. The van der Waals surface area contributed by atoms with Crippen LogP contribution in [0.5, 0.6) is 0 Å². The summed E-state index contributed by atoms with van der Waals surface area (Å²) in [5, 5.41) is 3.35. The molecule has 1 amide bonds. The maximum absolute atomic E-state index is 12.7. The second-order valence-electron chi connectivity index (χ2n) is 10.4. The summed E-state index contributed by atoms with van der Waals surface area (Å²) < 4.78 is 25.7. The molecule has 4 bridgehead atoms. The Labute approximate surface area is 201 Å². The highest BCUT2D eigenvalue weighted by atomic mass is 35.5. The number of hydrogen-bond acceptors (Lipinski definition) is 3. The molecule has 2 aromatic carbocycles. The first-order valence-corrected chi connectivity index (χ1v) is 14.0. The highest BCUT2D eigenvalue weighted by Crippen LogP contribution is 2.60. The van der Waals surface area contributed by atoms with Crippen LogP contribution in [0, 0.1) is 17.8 Å². The standard InChI is InChI=1S/C26H31ClN2O3S/c1-33(31,32)29(16-21-4-2-3-5-24(21)27)17-25(30)28-23-8-6-22(7-9-23)26-13-18-10-19(14-26)12-20(11-18)15-26/h2-9,18-20H,10-17H2,1H3,(H,28,30). The van der Waals surface area contributed by atoms with Crippen LogP contribution in [-0.4, -0.2) is 31.4 Å². The number of sulfonamides is 1. The number of halogens is 1. The molecule has 0 spiro atoms. The minimum absolute atomic E-state index is 0.0525. The fourth-order valence-corrected chi connectivity index (χ4v) is 7.76. The van der Waals surface area contributed by atoms with Gasteiger partial charge in [-0.25, -0.2) is 8.42 Å². The summed E-state index contributed by atoms with van der Waals surface area (Å²) in [5.41, 5.74) is 3.08. The van der Waals surface area contributed by atoms with Gasteiger partial charge in [0.2, 0.25) is 15.9 Å². The van der Waals surface area contributed by atoms with Crippen molar-refractivity contribution >= 4 is 33.2 Å². The van der Waals surface area contributed by atoms with Crippen LogP contribution in [0.25, 0.3) is 0 Å². The van der Waals surface area contributed by atoms with Crippen molar-refractivity contribution in [3.63, 3.8) is 0 Å². The fraction of sp³-hybridized carbons (Fsp3) is 0.500. The summed E-state index contributed by atoms with van der Waals surface area (Å²) in [6, 6.07) is 15.3. The Morgan fingerprint density at radius 1 is 1.00 bits per heavy atom. The summed E-state index contributed by atoms with van der Waals surface area (Å²) in [4.78, 5) is 12.7. The van der Waals surface area contributed by atoms with Crippen molar-refractivity contribution in [2.24, 2.45) is 17.8 Å². The maximum Gasteiger partial charge on any atom is 0.239 e. The Bertz CT molecular complexity index is 1110. The van der Waals surface area contributed by atoms with Crippen molar-refractivity contribution in [2.75, 3.05) is 18.1 Å². The topological polar surface area (TPSA) is 66.5 Å². The number of amides is 1. The number of anilines is 1. The zero-order chi connectivity index (χ0) is 23.2. The van der Waals surface area contributed by atoms with Crippen LogP contribution < -0.4 is 5.32 Å². The van der Waals surface area contributed by atoms with Gasteiger partial charge >= 0.3 is 0 Å². The lowest BCUT2D eigenvalue weighted by atomic mass is 9.48. The molecule has 0 aromatic heterocycles. The van der Waals surface area contributed by atoms with Crippen molar-refractivity contribution in [2.45, 2.75) is 50.5 Å². The number of rotatable bonds is 7. The number of nitrogens with one attached hydrogen (secondary N) is 1. The van der Waals surface area contributed by atoms with E-state index in [1.54, 1.807) is 24.3 Å². The second kappa shape index (κ2) is 8.71. The minimum Gasteiger partial charge on any atom is -0.325 e. The van der Waals surface area contributed by atoms with Crippen LogP contribution in [0.15, 0.2) is 48.5 Å². The zero-order valence-corrected chi connectivity index (χ0v) is 20.5. The molecule has 0 atom stereocenters. The molecule has 7 heteroatoms. The van der Waals surface area contributed by atoms with Gasteiger partial charge in [0.15, 0.2) is 0 Å². The lowest BCUT2D eigenvalue weighted by Crippen LogP contribution is -2.48. The van der Waals surface area contributed by atoms with E-state index in [2.05, 4.69) is 17.4 Å². The Morgan fingerprint density at radius 2 is 1.58 bits per heavy atom. The van der Waals surface area contributed by atoms with Gasteiger partial charge in [-0.3, -0.25) is 4.79 Å². The maximum atomic E-state index is 12.7. The average Bonchev–Trinajstić information content (AvgIpc) is 2.73. The van der Waals surface area contributed by atoms with E-state index in [9.17, 15) is 13.2 Å². The van der Waals surface area contributed by atoms with E-state index in [1.165, 1.54) is 44.1 Å². The molecular weight excluding hydrogens is 456 g/mol. The van der Waals surface area contributed by atoms with E-state index in [1.807, 2.05) is 12.1 Å². The summed E-state index contributed by atoms with van der Waals surface area (Å²) in [5.74, 6) is 2.29. The lowest BCUT2D eigenvalue weighted by Gasteiger charge is -2.57. The molecule has 0 radical (unpaired) electrons. The normalized spacial score (nSPS) is 28.3. The molecule has 0 saturated heterocycles. The Hall–Kier alpha value is -1.89. The molecule has 0 heterocycles. The predicted molar refractivity (Wildman–Crippen MR) is 132 cm³/mol. The third-order valence-corrected chi connectivity index (χ3v) is 9.48. The molecule has 4 aliphatic rings. The molecule has 33 heavy (non-hydrogen) atoms. The largest absolute Gasteiger partial charge is 0.325 e. The zero-order valence-electron chi connectivity index (χ0n) is 19.0. The van der Waals surface area contributed by atoms with Crippen LogP contribution in [0.3, 0.4) is 0 Å². The molecule has 2 aromatic rings. The first kappa shape index (κ1) is 22.9. The molecule has 4 saturated carbocycles. The molecule has 0 aliphatic heterocycles. The molecule has 176 valence electrons. The molecule has 1 N–H and O–H groups in total. The van der Waals surface area contributed by atoms with Crippen molar-refractivity contribution < 1.29 is 13.2 Å². The van der Waals surface area contributed by atoms with E-state index >= 15 is 0 Å². The smallest absolute Gasteiger partial charge is 0.239 e. The number of nitrogens with zero attached hydrogens (tertiary/aromatic N) is 1. The van der Waals surface area contributed by atoms with Crippen molar-refractivity contribution in [3.8, 4) is 0 Å². The monoisotopic (exact) mass is 486 g/mol. The van der Waals surface area contributed by atoms with Gasteiger partial charge in [0, 0.05) is 17.3 Å². The van der Waals surface area contributed by atoms with E-state index in [-0.39, 0.29) is 19.0 Å². The minimum atomic E-state index is -3.59. The van der Waals surface area contributed by atoms with Crippen LogP contribution in [0.2, 0.25) is 5.02 Å². The van der Waals surface area contributed by atoms with Crippen molar-refractivity contribution in [1.82, 2.24) is 4.31 Å². The van der Waals surface area contributed by atoms with Gasteiger partial charge in [0.05, 0.1) is 12.8 Å². The number of carbonyl (C=O) groups is 1. The lowest BCUT2D eigenvalue weighted by molar-refractivity contribution is -0.116. The SMILES string of the molecule is CS(=O)(=O)N(CC(=O)Nc1ccc(C23CC4CC(CC(C4)C2)C3)cc1)Cc1ccccc1Cl. The molecular formula is C26H31ClN2O3S. The van der Waals surface area contributed by atoms with E-state index in [0.717, 1.165) is 28.3 Å².